The molecule has 25 heavy (non-hydrogen) atoms. The van der Waals surface area contributed by atoms with Crippen LogP contribution < -0.4 is 14.8 Å². The lowest BCUT2D eigenvalue weighted by molar-refractivity contribution is 0.309. The number of methoxy groups -OCH3 is 2. The average molecular weight is 410 g/mol. The second-order valence-electron chi connectivity index (χ2n) is 7.09. The first-order valence-electron chi connectivity index (χ1n) is 8.97. The number of ether oxygens (including phenoxy) is 2. The largest absolute Gasteiger partial charge is 0.493 e. The summed E-state index contributed by atoms with van der Waals surface area (Å²) in [5.74, 6) is 2.45. The highest BCUT2D eigenvalue weighted by Gasteiger charge is 2.41. The molecule has 0 unspecified atom stereocenters. The third kappa shape index (κ3) is 3.89. The van der Waals surface area contributed by atoms with Crippen molar-refractivity contribution in [2.24, 2.45) is 10.4 Å². The zero-order chi connectivity index (χ0) is 17.9. The fourth-order valence-corrected chi connectivity index (χ4v) is 4.89. The van der Waals surface area contributed by atoms with Crippen LogP contribution in [0.5, 0.6) is 11.5 Å². The minimum atomic E-state index is 0.546. The molecule has 1 aliphatic carbocycles. The molecule has 1 N–H and O–H groups in total. The molecule has 6 heteroatoms. The van der Waals surface area contributed by atoms with Gasteiger partial charge in [-0.1, -0.05) is 12.8 Å². The van der Waals surface area contributed by atoms with Crippen molar-refractivity contribution in [3.05, 3.63) is 22.2 Å². The summed E-state index contributed by atoms with van der Waals surface area (Å²) >= 11 is 3.56. The summed E-state index contributed by atoms with van der Waals surface area (Å²) in [5.41, 5.74) is 1.67. The van der Waals surface area contributed by atoms with E-state index in [4.69, 9.17) is 9.47 Å². The normalized spacial score (nSPS) is 19.5. The molecule has 1 heterocycles. The zero-order valence-corrected chi connectivity index (χ0v) is 17.0. The van der Waals surface area contributed by atoms with Gasteiger partial charge in [0.15, 0.2) is 17.5 Å². The Bertz CT molecular complexity index is 642. The molecule has 1 spiro atoms. The summed E-state index contributed by atoms with van der Waals surface area (Å²) in [5, 5.41) is 3.51. The predicted octanol–water partition coefficient (Wildman–Crippen LogP) is 3.81. The molecule has 0 amide bonds. The molecular weight excluding hydrogens is 382 g/mol. The van der Waals surface area contributed by atoms with Crippen LogP contribution in [-0.4, -0.2) is 45.2 Å². The Morgan fingerprint density at radius 1 is 1.24 bits per heavy atom. The highest BCUT2D eigenvalue weighted by molar-refractivity contribution is 9.10. The highest BCUT2D eigenvalue weighted by atomic mass is 79.9. The second-order valence-corrected chi connectivity index (χ2v) is 7.95. The molecule has 5 nitrogen and oxygen atoms in total. The van der Waals surface area contributed by atoms with Gasteiger partial charge in [0.1, 0.15) is 0 Å². The number of rotatable bonds is 4. The van der Waals surface area contributed by atoms with E-state index in [2.05, 4.69) is 37.2 Å². The molecule has 0 radical (unpaired) electrons. The first-order chi connectivity index (χ1) is 12.1. The number of likely N-dealkylation sites (tertiary alicyclic amines) is 1. The van der Waals surface area contributed by atoms with E-state index < -0.39 is 0 Å². The minimum Gasteiger partial charge on any atom is -0.493 e. The lowest BCUT2D eigenvalue weighted by Gasteiger charge is -2.26. The first-order valence-corrected chi connectivity index (χ1v) is 9.76. The third-order valence-corrected chi connectivity index (χ3v) is 6.15. The second kappa shape index (κ2) is 7.85. The number of halogens is 1. The topological polar surface area (TPSA) is 46.1 Å². The molecule has 3 rings (SSSR count). The van der Waals surface area contributed by atoms with Crippen LogP contribution in [0.1, 0.15) is 37.7 Å². The standard InChI is InChI=1S/C19H28BrN3O2/c1-21-18(23-9-8-19(13-23)6-4-5-7-19)22-12-14-10-15(20)17(25-3)16(11-14)24-2/h10-11H,4-9,12-13H2,1-3H3,(H,21,22). The highest BCUT2D eigenvalue weighted by Crippen LogP contribution is 2.45. The van der Waals surface area contributed by atoms with Crippen molar-refractivity contribution < 1.29 is 9.47 Å². The van der Waals surface area contributed by atoms with Gasteiger partial charge in [-0.3, -0.25) is 4.99 Å². The van der Waals surface area contributed by atoms with Gasteiger partial charge in [0.25, 0.3) is 0 Å². The zero-order valence-electron chi connectivity index (χ0n) is 15.4. The van der Waals surface area contributed by atoms with Crippen LogP contribution in [0.4, 0.5) is 0 Å². The molecule has 1 aromatic rings. The molecule has 138 valence electrons. The maximum Gasteiger partial charge on any atom is 0.193 e. The van der Waals surface area contributed by atoms with E-state index in [1.165, 1.54) is 32.1 Å². The molecule has 1 aliphatic heterocycles. The summed E-state index contributed by atoms with van der Waals surface area (Å²) in [6.07, 6.45) is 6.83. The SMILES string of the molecule is CN=C(NCc1cc(Br)c(OC)c(OC)c1)N1CCC2(CCCC2)C1. The van der Waals surface area contributed by atoms with Crippen LogP contribution in [-0.2, 0) is 6.54 Å². The fourth-order valence-electron chi connectivity index (χ4n) is 4.24. The van der Waals surface area contributed by atoms with E-state index in [9.17, 15) is 0 Å². The van der Waals surface area contributed by atoms with Crippen LogP contribution in [0.2, 0.25) is 0 Å². The Balaban J connectivity index is 1.65. The maximum absolute atomic E-state index is 5.43. The summed E-state index contributed by atoms with van der Waals surface area (Å²) in [6, 6.07) is 4.07. The minimum absolute atomic E-state index is 0.546. The number of aliphatic imine (C=N–C) groups is 1. The van der Waals surface area contributed by atoms with Gasteiger partial charge < -0.3 is 19.7 Å². The van der Waals surface area contributed by atoms with Crippen molar-refractivity contribution >= 4 is 21.9 Å². The van der Waals surface area contributed by atoms with Gasteiger partial charge in [-0.25, -0.2) is 0 Å². The molecule has 0 atom stereocenters. The maximum atomic E-state index is 5.43. The Labute approximate surface area is 158 Å². The Morgan fingerprint density at radius 2 is 2.00 bits per heavy atom. The van der Waals surface area contributed by atoms with E-state index in [-0.39, 0.29) is 0 Å². The Kier molecular flexibility index (Phi) is 5.77. The summed E-state index contributed by atoms with van der Waals surface area (Å²) < 4.78 is 11.7. The van der Waals surface area contributed by atoms with Gasteiger partial charge in [0.2, 0.25) is 0 Å². The van der Waals surface area contributed by atoms with Crippen LogP contribution in [0.3, 0.4) is 0 Å². The van der Waals surface area contributed by atoms with Crippen molar-refractivity contribution in [3.63, 3.8) is 0 Å². The summed E-state index contributed by atoms with van der Waals surface area (Å²) in [4.78, 5) is 6.92. The van der Waals surface area contributed by atoms with Crippen LogP contribution in [0.25, 0.3) is 0 Å². The van der Waals surface area contributed by atoms with E-state index in [1.807, 2.05) is 13.1 Å². The monoisotopic (exact) mass is 409 g/mol. The molecule has 1 aromatic carbocycles. The summed E-state index contributed by atoms with van der Waals surface area (Å²) in [7, 11) is 5.17. The van der Waals surface area contributed by atoms with Crippen LogP contribution >= 0.6 is 15.9 Å². The van der Waals surface area contributed by atoms with Crippen molar-refractivity contribution in [2.75, 3.05) is 34.4 Å². The number of nitrogens with zero attached hydrogens (tertiary/aromatic N) is 2. The van der Waals surface area contributed by atoms with Gasteiger partial charge in [-0.15, -0.1) is 0 Å². The van der Waals surface area contributed by atoms with E-state index >= 15 is 0 Å². The Morgan fingerprint density at radius 3 is 2.64 bits per heavy atom. The molecule has 0 bridgehead atoms. The smallest absolute Gasteiger partial charge is 0.193 e. The van der Waals surface area contributed by atoms with Gasteiger partial charge >= 0.3 is 0 Å². The number of hydrogen-bond acceptors (Lipinski definition) is 3. The lowest BCUT2D eigenvalue weighted by Crippen LogP contribution is -2.40. The van der Waals surface area contributed by atoms with Gasteiger partial charge in [-0.2, -0.15) is 0 Å². The van der Waals surface area contributed by atoms with Crippen molar-refractivity contribution in [1.82, 2.24) is 10.2 Å². The van der Waals surface area contributed by atoms with E-state index in [0.717, 1.165) is 40.6 Å². The molecule has 1 saturated carbocycles. The van der Waals surface area contributed by atoms with Crippen LogP contribution in [0, 0.1) is 5.41 Å². The molecule has 0 aromatic heterocycles. The fraction of sp³-hybridized carbons (Fsp3) is 0.632. The Hall–Kier alpha value is -1.43. The number of guanidine groups is 1. The predicted molar refractivity (Wildman–Crippen MR) is 105 cm³/mol. The molecule has 1 saturated heterocycles. The number of benzene rings is 1. The lowest BCUT2D eigenvalue weighted by atomic mass is 9.86. The third-order valence-electron chi connectivity index (χ3n) is 5.56. The number of hydrogen-bond donors (Lipinski definition) is 1. The molecule has 2 fully saturated rings. The summed E-state index contributed by atoms with van der Waals surface area (Å²) in [6.45, 7) is 2.95. The van der Waals surface area contributed by atoms with Crippen molar-refractivity contribution in [2.45, 2.75) is 38.6 Å². The van der Waals surface area contributed by atoms with E-state index in [1.54, 1.807) is 14.2 Å². The van der Waals surface area contributed by atoms with Crippen molar-refractivity contribution in [3.8, 4) is 11.5 Å². The van der Waals surface area contributed by atoms with Gasteiger partial charge in [-0.05, 0) is 58.3 Å². The molecular formula is C19H28BrN3O2. The van der Waals surface area contributed by atoms with E-state index in [0.29, 0.717) is 12.0 Å². The van der Waals surface area contributed by atoms with Gasteiger partial charge in [0.05, 0.1) is 18.7 Å². The van der Waals surface area contributed by atoms with Crippen molar-refractivity contribution in [1.29, 1.82) is 0 Å². The first kappa shape index (κ1) is 18.4. The quantitative estimate of drug-likeness (QED) is 0.606. The average Bonchev–Trinajstić information content (AvgIpc) is 3.25. The molecule has 2 aliphatic rings. The number of nitrogens with one attached hydrogen (secondary N) is 1. The van der Waals surface area contributed by atoms with Gasteiger partial charge in [0, 0.05) is 26.7 Å². The van der Waals surface area contributed by atoms with Crippen LogP contribution in [0.15, 0.2) is 21.6 Å².